The van der Waals surface area contributed by atoms with E-state index in [-0.39, 0.29) is 12.0 Å². The van der Waals surface area contributed by atoms with Crippen LogP contribution in [0.1, 0.15) is 50.4 Å². The van der Waals surface area contributed by atoms with Gasteiger partial charge in [0.25, 0.3) is 0 Å². The van der Waals surface area contributed by atoms with Crippen molar-refractivity contribution in [3.63, 3.8) is 0 Å². The third-order valence-corrected chi connectivity index (χ3v) is 5.39. The minimum absolute atomic E-state index is 0.117. The van der Waals surface area contributed by atoms with Crippen LogP contribution in [0, 0.1) is 0 Å². The normalized spacial score (nSPS) is 18.4. The summed E-state index contributed by atoms with van der Waals surface area (Å²) < 4.78 is 6.61. The predicted octanol–water partition coefficient (Wildman–Crippen LogP) is 4.80. The Morgan fingerprint density at radius 2 is 2.22 bits per heavy atom. The van der Waals surface area contributed by atoms with E-state index >= 15 is 0 Å². The molecule has 7 heteroatoms. The van der Waals surface area contributed by atoms with E-state index in [1.165, 1.54) is 0 Å². The molecular formula is C16H17ClN4OS. The Morgan fingerprint density at radius 3 is 3.00 bits per heavy atom. The lowest BCUT2D eigenvalue weighted by Crippen LogP contribution is -2.22. The molecule has 0 aliphatic carbocycles. The smallest absolute Gasteiger partial charge is 0.249 e. The molecule has 1 aliphatic rings. The molecule has 0 radical (unpaired) electrons. The van der Waals surface area contributed by atoms with E-state index in [0.29, 0.717) is 5.89 Å². The number of fused-ring (bicyclic) bond motifs is 1. The van der Waals surface area contributed by atoms with Crippen molar-refractivity contribution in [2.45, 2.75) is 38.6 Å². The topological polar surface area (TPSA) is 55.1 Å². The predicted molar refractivity (Wildman–Crippen MR) is 92.3 cm³/mol. The van der Waals surface area contributed by atoms with Crippen molar-refractivity contribution in [2.75, 3.05) is 11.4 Å². The first-order valence-corrected chi connectivity index (χ1v) is 8.97. The summed E-state index contributed by atoms with van der Waals surface area (Å²) in [6.45, 7) is 5.09. The highest BCUT2D eigenvalue weighted by atomic mass is 35.5. The van der Waals surface area contributed by atoms with E-state index in [0.717, 1.165) is 45.6 Å². The molecule has 3 aromatic rings. The summed E-state index contributed by atoms with van der Waals surface area (Å²) in [6, 6.07) is 5.92. The molecule has 3 heterocycles. The lowest BCUT2D eigenvalue weighted by Gasteiger charge is -2.20. The molecule has 1 saturated heterocycles. The van der Waals surface area contributed by atoms with Crippen LogP contribution in [-0.4, -0.2) is 21.7 Å². The maximum atomic E-state index is 6.08. The third kappa shape index (κ3) is 2.70. The van der Waals surface area contributed by atoms with E-state index in [1.54, 1.807) is 11.3 Å². The van der Waals surface area contributed by atoms with E-state index < -0.39 is 0 Å². The van der Waals surface area contributed by atoms with Gasteiger partial charge in [-0.15, -0.1) is 0 Å². The number of hydrogen-bond acceptors (Lipinski definition) is 6. The number of hydrogen-bond donors (Lipinski definition) is 0. The van der Waals surface area contributed by atoms with Gasteiger partial charge in [0.15, 0.2) is 11.0 Å². The van der Waals surface area contributed by atoms with E-state index in [1.807, 2.05) is 18.2 Å². The van der Waals surface area contributed by atoms with Crippen LogP contribution in [0.5, 0.6) is 0 Å². The first-order chi connectivity index (χ1) is 11.1. The van der Waals surface area contributed by atoms with Crippen LogP contribution >= 0.6 is 22.9 Å². The summed E-state index contributed by atoms with van der Waals surface area (Å²) in [5.74, 6) is 1.73. The maximum Gasteiger partial charge on any atom is 0.249 e. The molecule has 0 amide bonds. The van der Waals surface area contributed by atoms with Crippen molar-refractivity contribution in [1.82, 2.24) is 15.1 Å². The van der Waals surface area contributed by atoms with E-state index in [2.05, 4.69) is 28.9 Å². The first kappa shape index (κ1) is 14.9. The maximum absolute atomic E-state index is 6.08. The van der Waals surface area contributed by atoms with Crippen LogP contribution in [0.15, 0.2) is 22.7 Å². The van der Waals surface area contributed by atoms with Gasteiger partial charge in [0, 0.05) is 17.5 Å². The monoisotopic (exact) mass is 348 g/mol. The van der Waals surface area contributed by atoms with Gasteiger partial charge in [-0.05, 0) is 31.0 Å². The second-order valence-electron chi connectivity index (χ2n) is 6.11. The summed E-state index contributed by atoms with van der Waals surface area (Å²) in [5, 5.41) is 5.83. The highest BCUT2D eigenvalue weighted by molar-refractivity contribution is 7.22. The van der Waals surface area contributed by atoms with E-state index in [4.69, 9.17) is 21.1 Å². The number of anilines is 1. The van der Waals surface area contributed by atoms with Gasteiger partial charge >= 0.3 is 0 Å². The third-order valence-electron chi connectivity index (χ3n) is 4.10. The van der Waals surface area contributed by atoms with Crippen LogP contribution in [0.3, 0.4) is 0 Å². The number of benzene rings is 1. The van der Waals surface area contributed by atoms with Crippen molar-refractivity contribution >= 4 is 38.3 Å². The average Bonchev–Trinajstić information content (AvgIpc) is 3.24. The Morgan fingerprint density at radius 1 is 1.35 bits per heavy atom. The zero-order valence-electron chi connectivity index (χ0n) is 13.0. The van der Waals surface area contributed by atoms with Gasteiger partial charge in [-0.1, -0.05) is 41.9 Å². The highest BCUT2D eigenvalue weighted by Crippen LogP contribution is 2.39. The Kier molecular flexibility index (Phi) is 3.73. The van der Waals surface area contributed by atoms with Gasteiger partial charge in [0.05, 0.1) is 10.2 Å². The average molecular weight is 349 g/mol. The summed E-state index contributed by atoms with van der Waals surface area (Å²) in [6.07, 6.45) is 2.11. The molecule has 0 N–H and O–H groups in total. The highest BCUT2D eigenvalue weighted by Gasteiger charge is 2.33. The van der Waals surface area contributed by atoms with Gasteiger partial charge < -0.3 is 9.42 Å². The minimum Gasteiger partial charge on any atom is -0.337 e. The molecule has 1 aliphatic heterocycles. The molecule has 0 spiro atoms. The molecule has 0 unspecified atom stereocenters. The second-order valence-corrected chi connectivity index (χ2v) is 7.55. The number of nitrogens with zero attached hydrogens (tertiary/aromatic N) is 4. The molecule has 1 atom stereocenters. The standard InChI is InChI=1S/C16H17ClN4OS/c1-9(2)14-19-15(22-20-14)12-4-3-7-21(12)16-18-11-6-5-10(17)8-13(11)23-16/h5-6,8-9,12H,3-4,7H2,1-2H3/t12-/m0/s1. The lowest BCUT2D eigenvalue weighted by molar-refractivity contribution is 0.349. The quantitative estimate of drug-likeness (QED) is 0.680. The zero-order valence-corrected chi connectivity index (χ0v) is 14.6. The van der Waals surface area contributed by atoms with Crippen molar-refractivity contribution in [2.24, 2.45) is 0 Å². The largest absolute Gasteiger partial charge is 0.337 e. The number of halogens is 1. The zero-order chi connectivity index (χ0) is 16.0. The number of aromatic nitrogens is 3. The summed E-state index contributed by atoms with van der Waals surface area (Å²) in [5.41, 5.74) is 0.980. The molecule has 1 fully saturated rings. The fourth-order valence-corrected chi connectivity index (χ4v) is 4.20. The van der Waals surface area contributed by atoms with Gasteiger partial charge in [0.2, 0.25) is 5.89 Å². The van der Waals surface area contributed by atoms with Crippen LogP contribution in [0.25, 0.3) is 10.2 Å². The summed E-state index contributed by atoms with van der Waals surface area (Å²) >= 11 is 7.74. The molecule has 5 nitrogen and oxygen atoms in total. The molecular weight excluding hydrogens is 332 g/mol. The molecule has 4 rings (SSSR count). The van der Waals surface area contributed by atoms with Crippen LogP contribution in [-0.2, 0) is 0 Å². The Labute approximate surface area is 143 Å². The van der Waals surface area contributed by atoms with Crippen molar-refractivity contribution < 1.29 is 4.52 Å². The number of rotatable bonds is 3. The van der Waals surface area contributed by atoms with Crippen LogP contribution in [0.2, 0.25) is 5.02 Å². The SMILES string of the molecule is CC(C)c1noc([C@@H]2CCCN2c2nc3ccc(Cl)cc3s2)n1. The van der Waals surface area contributed by atoms with Crippen molar-refractivity contribution in [1.29, 1.82) is 0 Å². The van der Waals surface area contributed by atoms with Gasteiger partial charge in [-0.3, -0.25) is 0 Å². The second kappa shape index (κ2) is 5.76. The summed E-state index contributed by atoms with van der Waals surface area (Å²) in [7, 11) is 0. The Hall–Kier alpha value is -1.66. The first-order valence-electron chi connectivity index (χ1n) is 7.78. The van der Waals surface area contributed by atoms with Crippen molar-refractivity contribution in [3.8, 4) is 0 Å². The summed E-state index contributed by atoms with van der Waals surface area (Å²) in [4.78, 5) is 11.6. The Bertz CT molecular complexity index is 844. The fraction of sp³-hybridized carbons (Fsp3) is 0.438. The Balaban J connectivity index is 1.68. The van der Waals surface area contributed by atoms with Crippen LogP contribution in [0.4, 0.5) is 5.13 Å². The van der Waals surface area contributed by atoms with Gasteiger partial charge in [-0.25, -0.2) is 4.98 Å². The van der Waals surface area contributed by atoms with Gasteiger partial charge in [-0.2, -0.15) is 4.98 Å². The molecule has 23 heavy (non-hydrogen) atoms. The molecule has 2 aromatic heterocycles. The molecule has 0 bridgehead atoms. The van der Waals surface area contributed by atoms with Crippen LogP contribution < -0.4 is 4.90 Å². The van der Waals surface area contributed by atoms with E-state index in [9.17, 15) is 0 Å². The van der Waals surface area contributed by atoms with Crippen molar-refractivity contribution in [3.05, 3.63) is 34.9 Å². The molecule has 0 saturated carbocycles. The number of thiazole rings is 1. The lowest BCUT2D eigenvalue weighted by atomic mass is 10.2. The molecule has 1 aromatic carbocycles. The molecule has 120 valence electrons. The van der Waals surface area contributed by atoms with Gasteiger partial charge in [0.1, 0.15) is 6.04 Å². The minimum atomic E-state index is 0.117. The fourth-order valence-electron chi connectivity index (χ4n) is 2.88.